The molecule has 1 saturated carbocycles. The number of benzene rings is 1. The van der Waals surface area contributed by atoms with E-state index < -0.39 is 27.3 Å². The number of aromatic nitrogens is 3. The lowest BCUT2D eigenvalue weighted by molar-refractivity contribution is 0.157. The van der Waals surface area contributed by atoms with Crippen LogP contribution in [0.4, 0.5) is 14.5 Å². The van der Waals surface area contributed by atoms with E-state index in [1.165, 1.54) is 31.2 Å². The van der Waals surface area contributed by atoms with Crippen molar-refractivity contribution in [1.82, 2.24) is 24.8 Å². The highest BCUT2D eigenvalue weighted by Crippen LogP contribution is 2.31. The third kappa shape index (κ3) is 6.80. The average Bonchev–Trinajstić information content (AvgIpc) is 3.64. The molecule has 1 aromatic heterocycles. The number of sulfonamides is 1. The highest BCUT2D eigenvalue weighted by Gasteiger charge is 2.27. The van der Waals surface area contributed by atoms with E-state index in [1.807, 2.05) is 0 Å². The maximum atomic E-state index is 15.4. The predicted octanol–water partition coefficient (Wildman–Crippen LogP) is 4.98. The average molecular weight is 573 g/mol. The summed E-state index contributed by atoms with van der Waals surface area (Å²) >= 11 is 0. The molecular weight excluding hydrogens is 534 g/mol. The summed E-state index contributed by atoms with van der Waals surface area (Å²) in [6, 6.07) is 2.10. The molecule has 1 aliphatic heterocycles. The Morgan fingerprint density at radius 1 is 1.10 bits per heavy atom. The quantitative estimate of drug-likeness (QED) is 0.433. The van der Waals surface area contributed by atoms with Crippen LogP contribution in [0.5, 0.6) is 0 Å². The first-order valence-electron chi connectivity index (χ1n) is 14.1. The van der Waals surface area contributed by atoms with Gasteiger partial charge >= 0.3 is 0 Å². The van der Waals surface area contributed by atoms with Gasteiger partial charge in [-0.25, -0.2) is 21.9 Å². The summed E-state index contributed by atoms with van der Waals surface area (Å²) < 4.78 is 58.3. The van der Waals surface area contributed by atoms with Crippen molar-refractivity contribution in [3.63, 3.8) is 0 Å². The van der Waals surface area contributed by atoms with Crippen LogP contribution in [-0.4, -0.2) is 71.7 Å². The molecule has 40 heavy (non-hydrogen) atoms. The number of piperazine rings is 1. The molecule has 2 fully saturated rings. The molecule has 2 heterocycles. The zero-order valence-electron chi connectivity index (χ0n) is 23.4. The molecule has 5 rings (SSSR count). The molecule has 1 aromatic carbocycles. The number of nitrogens with one attached hydrogen (secondary N) is 1. The third-order valence-electron chi connectivity index (χ3n) is 7.55. The van der Waals surface area contributed by atoms with Crippen LogP contribution in [0.3, 0.4) is 0 Å². The minimum absolute atomic E-state index is 0.154. The van der Waals surface area contributed by atoms with Crippen molar-refractivity contribution in [2.24, 2.45) is 11.8 Å². The molecular formula is C29H38F2N6O2S. The largest absolute Gasteiger partial charge is 0.369 e. The van der Waals surface area contributed by atoms with Crippen molar-refractivity contribution in [1.29, 1.82) is 0 Å². The lowest BCUT2D eigenvalue weighted by Gasteiger charge is -2.37. The van der Waals surface area contributed by atoms with Gasteiger partial charge in [-0.3, -0.25) is 9.62 Å². The first-order valence-corrected chi connectivity index (χ1v) is 15.8. The number of allylic oxidation sites excluding steroid dienone is 5. The van der Waals surface area contributed by atoms with Gasteiger partial charge in [-0.1, -0.05) is 37.6 Å². The smallest absolute Gasteiger partial charge is 0.233 e. The van der Waals surface area contributed by atoms with Crippen LogP contribution >= 0.6 is 0 Å². The second-order valence-electron chi connectivity index (χ2n) is 11.4. The van der Waals surface area contributed by atoms with Crippen LogP contribution in [0, 0.1) is 23.5 Å². The highest BCUT2D eigenvalue weighted by atomic mass is 32.2. The molecule has 2 aromatic rings. The Bertz CT molecular complexity index is 1430. The fourth-order valence-electron chi connectivity index (χ4n) is 5.21. The van der Waals surface area contributed by atoms with Crippen LogP contribution in [0.1, 0.15) is 52.1 Å². The van der Waals surface area contributed by atoms with Gasteiger partial charge in [0, 0.05) is 44.0 Å². The van der Waals surface area contributed by atoms with Gasteiger partial charge in [0.1, 0.15) is 11.4 Å². The molecule has 2 aliphatic carbocycles. The van der Waals surface area contributed by atoms with Gasteiger partial charge in [-0.2, -0.15) is 0 Å². The molecule has 0 radical (unpaired) electrons. The fourth-order valence-corrected chi connectivity index (χ4v) is 6.67. The third-order valence-corrected chi connectivity index (χ3v) is 9.18. The summed E-state index contributed by atoms with van der Waals surface area (Å²) in [5.74, 6) is -1.38. The monoisotopic (exact) mass is 572 g/mol. The molecule has 0 unspecified atom stereocenters. The molecule has 0 bridgehead atoms. The Morgan fingerprint density at radius 3 is 2.52 bits per heavy atom. The Balaban J connectivity index is 1.39. The molecule has 0 spiro atoms. The van der Waals surface area contributed by atoms with Crippen molar-refractivity contribution in [2.75, 3.05) is 43.2 Å². The Kier molecular flexibility index (Phi) is 8.42. The molecule has 1 N–H and O–H groups in total. The van der Waals surface area contributed by atoms with Crippen molar-refractivity contribution in [3.05, 3.63) is 65.2 Å². The highest BCUT2D eigenvalue weighted by molar-refractivity contribution is 7.92. The van der Waals surface area contributed by atoms with E-state index in [0.29, 0.717) is 5.69 Å². The number of halogens is 2. The topological polar surface area (TPSA) is 83.4 Å². The molecule has 216 valence electrons. The zero-order valence-corrected chi connectivity index (χ0v) is 24.2. The van der Waals surface area contributed by atoms with Crippen LogP contribution in [0.15, 0.2) is 47.8 Å². The number of hydrogen-bond acceptors (Lipinski definition) is 6. The standard InChI is InChI=1S/C29H38F2N6O2S/c1-4-21-7-8-23(16-24(15-21)36-13-11-35(12-14-36)17-22-5-6-22)27-18-37(34-32-27)29-25(30)9-10-26(28(29)31)33-40(38,39)19-20(2)3/h8-10,15-16,18,20,22,33H,4-7,11-14,17,19H2,1-3H3. The Hall–Kier alpha value is -3.05. The van der Waals surface area contributed by atoms with Gasteiger partial charge in [0.2, 0.25) is 10.0 Å². The fraction of sp³-hybridized carbons (Fsp3) is 0.517. The van der Waals surface area contributed by atoms with Crippen molar-refractivity contribution in [2.45, 2.75) is 46.5 Å². The van der Waals surface area contributed by atoms with E-state index in [0.717, 1.165) is 73.0 Å². The second kappa shape index (κ2) is 11.8. The van der Waals surface area contributed by atoms with Crippen molar-refractivity contribution < 1.29 is 17.2 Å². The number of hydrogen-bond donors (Lipinski definition) is 1. The van der Waals surface area contributed by atoms with Crippen LogP contribution < -0.4 is 4.72 Å². The first-order chi connectivity index (χ1) is 19.1. The van der Waals surface area contributed by atoms with Gasteiger partial charge in [-0.15, -0.1) is 5.10 Å². The maximum absolute atomic E-state index is 15.4. The maximum Gasteiger partial charge on any atom is 0.233 e. The van der Waals surface area contributed by atoms with E-state index in [4.69, 9.17) is 0 Å². The van der Waals surface area contributed by atoms with Gasteiger partial charge in [0.05, 0.1) is 17.6 Å². The van der Waals surface area contributed by atoms with Crippen LogP contribution in [0.2, 0.25) is 0 Å². The number of nitrogens with zero attached hydrogens (tertiary/aromatic N) is 5. The number of anilines is 1. The zero-order chi connectivity index (χ0) is 28.4. The Labute approximate surface area is 235 Å². The van der Waals surface area contributed by atoms with E-state index in [-0.39, 0.29) is 17.4 Å². The van der Waals surface area contributed by atoms with E-state index in [9.17, 15) is 12.8 Å². The SMILES string of the molecule is CCC1=CC(N2CCN(CC3CC3)CC2)=CC(c2cn(-c3c(F)ccc(NS(=O)(=O)CC(C)C)c3F)nn2)=CC1. The van der Waals surface area contributed by atoms with E-state index >= 15 is 4.39 Å². The first kappa shape index (κ1) is 28.5. The van der Waals surface area contributed by atoms with Crippen molar-refractivity contribution in [3.8, 4) is 5.69 Å². The summed E-state index contributed by atoms with van der Waals surface area (Å²) in [6.07, 6.45) is 12.3. The van der Waals surface area contributed by atoms with Gasteiger partial charge in [0.15, 0.2) is 11.6 Å². The van der Waals surface area contributed by atoms with Crippen LogP contribution in [0.25, 0.3) is 11.3 Å². The van der Waals surface area contributed by atoms with E-state index in [2.05, 4.69) is 50.0 Å². The van der Waals surface area contributed by atoms with Crippen LogP contribution in [-0.2, 0) is 10.0 Å². The lowest BCUT2D eigenvalue weighted by Crippen LogP contribution is -2.46. The summed E-state index contributed by atoms with van der Waals surface area (Å²) in [5, 5.41) is 8.27. The molecule has 0 amide bonds. The number of rotatable bonds is 10. The molecule has 11 heteroatoms. The molecule has 0 atom stereocenters. The minimum Gasteiger partial charge on any atom is -0.369 e. The summed E-state index contributed by atoms with van der Waals surface area (Å²) in [6.45, 7) is 10.8. The van der Waals surface area contributed by atoms with Gasteiger partial charge < -0.3 is 4.90 Å². The minimum atomic E-state index is -3.80. The summed E-state index contributed by atoms with van der Waals surface area (Å²) in [4.78, 5) is 4.95. The van der Waals surface area contributed by atoms with Gasteiger partial charge in [-0.05, 0) is 61.8 Å². The predicted molar refractivity (Wildman–Crippen MR) is 153 cm³/mol. The van der Waals surface area contributed by atoms with E-state index in [1.54, 1.807) is 13.8 Å². The molecule has 8 nitrogen and oxygen atoms in total. The summed E-state index contributed by atoms with van der Waals surface area (Å²) in [5.41, 5.74) is 2.91. The Morgan fingerprint density at radius 2 is 1.85 bits per heavy atom. The molecule has 1 saturated heterocycles. The summed E-state index contributed by atoms with van der Waals surface area (Å²) in [7, 11) is -3.80. The lowest BCUT2D eigenvalue weighted by atomic mass is 10.1. The molecule has 3 aliphatic rings. The van der Waals surface area contributed by atoms with Crippen molar-refractivity contribution >= 4 is 21.3 Å². The normalized spacial score (nSPS) is 18.9. The van der Waals surface area contributed by atoms with Gasteiger partial charge in [0.25, 0.3) is 0 Å². The second-order valence-corrected chi connectivity index (χ2v) is 13.2.